The molecule has 0 saturated carbocycles. The first-order valence-corrected chi connectivity index (χ1v) is 11.0. The van der Waals surface area contributed by atoms with E-state index in [9.17, 15) is 9.18 Å². The molecule has 170 valence electrons. The number of aryl methyl sites for hydroxylation is 1. The van der Waals surface area contributed by atoms with E-state index in [1.807, 2.05) is 50.2 Å². The average molecular weight is 447 g/mol. The smallest absolute Gasteiger partial charge is 0.174 e. The van der Waals surface area contributed by atoms with Crippen LogP contribution < -0.4 is 0 Å². The third-order valence-electron chi connectivity index (χ3n) is 5.70. The number of pyridine rings is 1. The summed E-state index contributed by atoms with van der Waals surface area (Å²) in [4.78, 5) is 23.1. The highest BCUT2D eigenvalue weighted by Gasteiger charge is 2.26. The van der Waals surface area contributed by atoms with Gasteiger partial charge in [0.2, 0.25) is 0 Å². The van der Waals surface area contributed by atoms with Gasteiger partial charge in [0.25, 0.3) is 0 Å². The summed E-state index contributed by atoms with van der Waals surface area (Å²) in [5.41, 5.74) is 4.69. The molecule has 0 N–H and O–H groups in total. The number of ether oxygens (including phenoxy) is 1. The van der Waals surface area contributed by atoms with Crippen LogP contribution >= 0.6 is 0 Å². The maximum Gasteiger partial charge on any atom is 0.174 e. The number of rotatable bonds is 8. The summed E-state index contributed by atoms with van der Waals surface area (Å²) < 4.78 is 20.0. The Morgan fingerprint density at radius 3 is 2.73 bits per heavy atom. The zero-order chi connectivity index (χ0) is 23.4. The van der Waals surface area contributed by atoms with Crippen LogP contribution in [-0.4, -0.2) is 30.2 Å². The normalized spacial score (nSPS) is 16.2. The molecule has 5 nitrogen and oxygen atoms in total. The minimum atomic E-state index is -0.325. The molecule has 2 heterocycles. The van der Waals surface area contributed by atoms with Crippen LogP contribution in [0.1, 0.15) is 53.0 Å². The monoisotopic (exact) mass is 446 g/mol. The molecule has 0 bridgehead atoms. The Morgan fingerprint density at radius 2 is 2.00 bits per heavy atom. The molecule has 0 radical (unpaired) electrons. The van der Waals surface area contributed by atoms with Gasteiger partial charge in [0, 0.05) is 49.4 Å². The highest BCUT2D eigenvalue weighted by molar-refractivity contribution is 6.05. The minimum Gasteiger partial charge on any atom is -0.385 e. The summed E-state index contributed by atoms with van der Waals surface area (Å²) in [6, 6.07) is 16.2. The predicted molar refractivity (Wildman–Crippen MR) is 126 cm³/mol. The van der Waals surface area contributed by atoms with Gasteiger partial charge < -0.3 is 9.57 Å². The molecule has 4 rings (SSSR count). The Kier molecular flexibility index (Phi) is 6.94. The Balaban J connectivity index is 1.69. The molecule has 0 saturated heterocycles. The van der Waals surface area contributed by atoms with Crippen molar-refractivity contribution < 1.29 is 18.8 Å². The first kappa shape index (κ1) is 22.8. The number of nitrogens with zero attached hydrogens (tertiary/aromatic N) is 2. The maximum absolute atomic E-state index is 14.8. The van der Waals surface area contributed by atoms with Crippen molar-refractivity contribution in [3.05, 3.63) is 89.0 Å². The topological polar surface area (TPSA) is 60.8 Å². The van der Waals surface area contributed by atoms with Gasteiger partial charge in [0.05, 0.1) is 11.4 Å². The number of aromatic nitrogens is 1. The first-order valence-electron chi connectivity index (χ1n) is 11.0. The summed E-state index contributed by atoms with van der Waals surface area (Å²) in [6.07, 6.45) is 2.29. The number of ketones is 1. The van der Waals surface area contributed by atoms with Crippen LogP contribution in [0.5, 0.6) is 0 Å². The molecule has 2 aromatic carbocycles. The fourth-order valence-corrected chi connectivity index (χ4v) is 4.02. The number of Topliss-reactive ketones (excluding diaryl/α,β-unsaturated/α-hetero) is 1. The van der Waals surface area contributed by atoms with Gasteiger partial charge in [-0.15, -0.1) is 0 Å². The van der Waals surface area contributed by atoms with Gasteiger partial charge in [-0.2, -0.15) is 0 Å². The molecule has 1 aliphatic rings. The fourth-order valence-electron chi connectivity index (χ4n) is 4.02. The van der Waals surface area contributed by atoms with E-state index in [4.69, 9.17) is 9.57 Å². The van der Waals surface area contributed by atoms with Crippen LogP contribution in [0.3, 0.4) is 0 Å². The second-order valence-electron chi connectivity index (χ2n) is 8.56. The maximum atomic E-state index is 14.8. The molecule has 0 amide bonds. The lowest BCUT2D eigenvalue weighted by molar-refractivity contribution is 0.0826. The van der Waals surface area contributed by atoms with E-state index < -0.39 is 0 Å². The standard InChI is InChI=1S/C27H27FN2O3/c1-17-7-8-22(23(28)10-17)19-12-20(14-21(13-19)26(31)11-18(2)16-32-3)25-15-27(33-30-25)24-6-4-5-9-29-24/h4-10,12-14,18,27H,11,15-16H2,1-3H3. The lowest BCUT2D eigenvalue weighted by Gasteiger charge is -2.13. The van der Waals surface area contributed by atoms with Crippen LogP contribution in [0.2, 0.25) is 0 Å². The summed E-state index contributed by atoms with van der Waals surface area (Å²) in [7, 11) is 1.62. The van der Waals surface area contributed by atoms with Gasteiger partial charge in [0.1, 0.15) is 5.82 Å². The number of halogens is 1. The largest absolute Gasteiger partial charge is 0.385 e. The van der Waals surface area contributed by atoms with Gasteiger partial charge >= 0.3 is 0 Å². The number of hydrogen-bond donors (Lipinski definition) is 0. The van der Waals surface area contributed by atoms with Crippen molar-refractivity contribution in [3.63, 3.8) is 0 Å². The SMILES string of the molecule is COCC(C)CC(=O)c1cc(C2=NOC(c3ccccn3)C2)cc(-c2ccc(C)cc2F)c1. The molecule has 3 aromatic rings. The third kappa shape index (κ3) is 5.34. The van der Waals surface area contributed by atoms with Crippen molar-refractivity contribution in [3.8, 4) is 11.1 Å². The molecule has 1 aliphatic heterocycles. The zero-order valence-corrected chi connectivity index (χ0v) is 19.0. The van der Waals surface area contributed by atoms with E-state index in [-0.39, 0.29) is 23.6 Å². The molecule has 6 heteroatoms. The van der Waals surface area contributed by atoms with Crippen LogP contribution in [0.15, 0.2) is 65.9 Å². The summed E-state index contributed by atoms with van der Waals surface area (Å²) in [5.74, 6) is -0.267. The summed E-state index contributed by atoms with van der Waals surface area (Å²) in [6.45, 7) is 4.31. The molecule has 2 unspecified atom stereocenters. The number of methoxy groups -OCH3 is 1. The van der Waals surface area contributed by atoms with Crippen molar-refractivity contribution in [1.82, 2.24) is 4.98 Å². The van der Waals surface area contributed by atoms with E-state index in [0.717, 1.165) is 16.8 Å². The van der Waals surface area contributed by atoms with Crippen LogP contribution in [0.25, 0.3) is 11.1 Å². The van der Waals surface area contributed by atoms with E-state index in [1.165, 1.54) is 6.07 Å². The van der Waals surface area contributed by atoms with Crippen molar-refractivity contribution in [2.24, 2.45) is 11.1 Å². The molecule has 0 spiro atoms. The second-order valence-corrected chi connectivity index (χ2v) is 8.56. The Bertz CT molecular complexity index is 1180. The molecule has 2 atom stereocenters. The van der Waals surface area contributed by atoms with Gasteiger partial charge in [0.15, 0.2) is 11.9 Å². The lowest BCUT2D eigenvalue weighted by atomic mass is 9.91. The number of oxime groups is 1. The Labute approximate surface area is 193 Å². The van der Waals surface area contributed by atoms with Crippen molar-refractivity contribution in [2.45, 2.75) is 32.8 Å². The molecular weight excluding hydrogens is 419 g/mol. The van der Waals surface area contributed by atoms with Crippen LogP contribution in [-0.2, 0) is 9.57 Å². The number of carbonyl (C=O) groups is 1. The number of benzene rings is 2. The first-order chi connectivity index (χ1) is 15.9. The summed E-state index contributed by atoms with van der Waals surface area (Å²) >= 11 is 0. The van der Waals surface area contributed by atoms with Gasteiger partial charge in [-0.1, -0.05) is 30.3 Å². The van der Waals surface area contributed by atoms with Crippen molar-refractivity contribution in [2.75, 3.05) is 13.7 Å². The third-order valence-corrected chi connectivity index (χ3v) is 5.70. The highest BCUT2D eigenvalue weighted by atomic mass is 19.1. The summed E-state index contributed by atoms with van der Waals surface area (Å²) in [5, 5.41) is 4.28. The van der Waals surface area contributed by atoms with E-state index >= 15 is 0 Å². The Hall–Kier alpha value is -3.38. The zero-order valence-electron chi connectivity index (χ0n) is 19.0. The molecule has 1 aromatic heterocycles. The second kappa shape index (κ2) is 10.0. The quantitative estimate of drug-likeness (QED) is 0.403. The van der Waals surface area contributed by atoms with E-state index in [2.05, 4.69) is 10.1 Å². The van der Waals surface area contributed by atoms with Crippen molar-refractivity contribution >= 4 is 11.5 Å². The van der Waals surface area contributed by atoms with Gasteiger partial charge in [-0.05, 0) is 60.4 Å². The highest BCUT2D eigenvalue weighted by Crippen LogP contribution is 2.32. The van der Waals surface area contributed by atoms with Gasteiger partial charge in [-0.3, -0.25) is 9.78 Å². The predicted octanol–water partition coefficient (Wildman–Crippen LogP) is 5.92. The number of hydrogen-bond acceptors (Lipinski definition) is 5. The van der Waals surface area contributed by atoms with Crippen LogP contribution in [0, 0.1) is 18.7 Å². The molecule has 0 fully saturated rings. The van der Waals surface area contributed by atoms with E-state index in [0.29, 0.717) is 41.9 Å². The van der Waals surface area contributed by atoms with E-state index in [1.54, 1.807) is 25.4 Å². The minimum absolute atomic E-state index is 0.0176. The fraction of sp³-hybridized carbons (Fsp3) is 0.296. The Morgan fingerprint density at radius 1 is 1.18 bits per heavy atom. The van der Waals surface area contributed by atoms with Crippen LogP contribution in [0.4, 0.5) is 4.39 Å². The molecule has 0 aliphatic carbocycles. The number of carbonyl (C=O) groups excluding carboxylic acids is 1. The van der Waals surface area contributed by atoms with Crippen molar-refractivity contribution in [1.29, 1.82) is 0 Å². The molecule has 33 heavy (non-hydrogen) atoms. The average Bonchev–Trinajstić information content (AvgIpc) is 3.30. The lowest BCUT2D eigenvalue weighted by Crippen LogP contribution is -2.12. The van der Waals surface area contributed by atoms with Gasteiger partial charge in [-0.25, -0.2) is 4.39 Å². The molecular formula is C27H27FN2O3.